The van der Waals surface area contributed by atoms with E-state index >= 15 is 0 Å². The van der Waals surface area contributed by atoms with Gasteiger partial charge in [-0.05, 0) is 42.8 Å². The first-order valence-electron chi connectivity index (χ1n) is 5.63. The zero-order valence-electron chi connectivity index (χ0n) is 9.96. The van der Waals surface area contributed by atoms with Crippen LogP contribution in [0.2, 0.25) is 0 Å². The number of aromatic hydroxyl groups is 1. The van der Waals surface area contributed by atoms with Crippen LogP contribution in [0, 0.1) is 0 Å². The fourth-order valence-corrected chi connectivity index (χ4v) is 1.64. The maximum atomic E-state index is 11.6. The van der Waals surface area contributed by atoms with Crippen molar-refractivity contribution in [2.75, 3.05) is 6.61 Å². The van der Waals surface area contributed by atoms with Crippen LogP contribution in [0.25, 0.3) is 11.1 Å². The third kappa shape index (κ3) is 2.48. The van der Waals surface area contributed by atoms with Crippen LogP contribution < -0.4 is 0 Å². The van der Waals surface area contributed by atoms with Gasteiger partial charge < -0.3 is 9.84 Å². The molecule has 0 bridgehead atoms. The third-order valence-electron chi connectivity index (χ3n) is 2.50. The molecule has 0 aliphatic heterocycles. The molecule has 0 spiro atoms. The number of aromatic nitrogens is 1. The van der Waals surface area contributed by atoms with Crippen LogP contribution in [0.5, 0.6) is 5.75 Å². The Morgan fingerprint density at radius 1 is 1.28 bits per heavy atom. The number of nitrogens with zero attached hydrogens (tertiary/aromatic N) is 1. The standard InChI is InChI=1S/C14H13NO3/c1-2-18-14(17)11-3-4-13(16)12(9-11)10-5-7-15-8-6-10/h3-9,16H,2H2,1H3. The van der Waals surface area contributed by atoms with E-state index in [-0.39, 0.29) is 5.75 Å². The molecule has 1 N–H and O–H groups in total. The van der Waals surface area contributed by atoms with Gasteiger partial charge >= 0.3 is 5.97 Å². The lowest BCUT2D eigenvalue weighted by molar-refractivity contribution is 0.0526. The van der Waals surface area contributed by atoms with E-state index in [1.165, 1.54) is 12.1 Å². The van der Waals surface area contributed by atoms with Gasteiger partial charge in [-0.1, -0.05) is 0 Å². The average Bonchev–Trinajstić information content (AvgIpc) is 2.40. The molecule has 0 saturated heterocycles. The number of phenols is 1. The van der Waals surface area contributed by atoms with Gasteiger partial charge in [0.15, 0.2) is 0 Å². The molecule has 0 aliphatic rings. The van der Waals surface area contributed by atoms with Crippen molar-refractivity contribution in [2.24, 2.45) is 0 Å². The van der Waals surface area contributed by atoms with Crippen molar-refractivity contribution < 1.29 is 14.6 Å². The molecule has 2 rings (SSSR count). The summed E-state index contributed by atoms with van der Waals surface area (Å²) in [6.07, 6.45) is 3.26. The van der Waals surface area contributed by atoms with Gasteiger partial charge in [-0.15, -0.1) is 0 Å². The molecule has 0 aliphatic carbocycles. The van der Waals surface area contributed by atoms with Crippen molar-refractivity contribution >= 4 is 5.97 Å². The van der Waals surface area contributed by atoms with Crippen molar-refractivity contribution in [3.63, 3.8) is 0 Å². The summed E-state index contributed by atoms with van der Waals surface area (Å²) < 4.78 is 4.93. The van der Waals surface area contributed by atoms with E-state index < -0.39 is 5.97 Å². The highest BCUT2D eigenvalue weighted by Crippen LogP contribution is 2.29. The summed E-state index contributed by atoms with van der Waals surface area (Å²) in [5.74, 6) is -0.276. The van der Waals surface area contributed by atoms with Crippen molar-refractivity contribution in [1.82, 2.24) is 4.98 Å². The van der Waals surface area contributed by atoms with E-state index in [4.69, 9.17) is 4.74 Å². The minimum absolute atomic E-state index is 0.120. The summed E-state index contributed by atoms with van der Waals surface area (Å²) in [6, 6.07) is 8.18. The van der Waals surface area contributed by atoms with Gasteiger partial charge in [0.05, 0.1) is 12.2 Å². The Morgan fingerprint density at radius 2 is 2.00 bits per heavy atom. The highest BCUT2D eigenvalue weighted by Gasteiger charge is 2.11. The maximum absolute atomic E-state index is 11.6. The molecule has 1 heterocycles. The molecule has 0 atom stereocenters. The zero-order valence-corrected chi connectivity index (χ0v) is 9.96. The normalized spacial score (nSPS) is 10.1. The Labute approximate surface area is 105 Å². The smallest absolute Gasteiger partial charge is 0.338 e. The number of rotatable bonds is 3. The molecule has 0 amide bonds. The van der Waals surface area contributed by atoms with Crippen LogP contribution in [0.1, 0.15) is 17.3 Å². The van der Waals surface area contributed by atoms with Gasteiger partial charge in [0.25, 0.3) is 0 Å². The third-order valence-corrected chi connectivity index (χ3v) is 2.50. The topological polar surface area (TPSA) is 59.4 Å². The number of ether oxygens (including phenoxy) is 1. The van der Waals surface area contributed by atoms with Crippen molar-refractivity contribution in [3.8, 4) is 16.9 Å². The van der Waals surface area contributed by atoms with E-state index in [1.54, 1.807) is 37.5 Å². The molecule has 0 saturated carbocycles. The second-order valence-electron chi connectivity index (χ2n) is 3.69. The lowest BCUT2D eigenvalue weighted by atomic mass is 10.0. The van der Waals surface area contributed by atoms with Gasteiger partial charge in [-0.2, -0.15) is 0 Å². The van der Waals surface area contributed by atoms with Crippen LogP contribution in [-0.2, 0) is 4.74 Å². The lowest BCUT2D eigenvalue weighted by Crippen LogP contribution is -2.04. The number of hydrogen-bond donors (Lipinski definition) is 1. The minimum Gasteiger partial charge on any atom is -0.507 e. The first-order valence-corrected chi connectivity index (χ1v) is 5.63. The van der Waals surface area contributed by atoms with Crippen LogP contribution in [0.4, 0.5) is 0 Å². The number of carbonyl (C=O) groups excluding carboxylic acids is 1. The molecule has 4 nitrogen and oxygen atoms in total. The number of pyridine rings is 1. The number of phenolic OH excluding ortho intramolecular Hbond substituents is 1. The van der Waals surface area contributed by atoms with E-state index in [9.17, 15) is 9.90 Å². The maximum Gasteiger partial charge on any atom is 0.338 e. The van der Waals surface area contributed by atoms with Crippen LogP contribution in [0.3, 0.4) is 0 Å². The molecule has 0 fully saturated rings. The van der Waals surface area contributed by atoms with E-state index in [2.05, 4.69) is 4.98 Å². The molecule has 2 aromatic rings. The molecular formula is C14H13NO3. The molecule has 18 heavy (non-hydrogen) atoms. The van der Waals surface area contributed by atoms with Gasteiger partial charge in [0, 0.05) is 18.0 Å². The van der Waals surface area contributed by atoms with E-state index in [0.717, 1.165) is 5.56 Å². The predicted molar refractivity (Wildman–Crippen MR) is 67.3 cm³/mol. The van der Waals surface area contributed by atoms with Crippen LogP contribution >= 0.6 is 0 Å². The predicted octanol–water partition coefficient (Wildman–Crippen LogP) is 2.63. The van der Waals surface area contributed by atoms with Crippen molar-refractivity contribution in [1.29, 1.82) is 0 Å². The van der Waals surface area contributed by atoms with E-state index in [0.29, 0.717) is 17.7 Å². The second kappa shape index (κ2) is 5.31. The molecular weight excluding hydrogens is 230 g/mol. The summed E-state index contributed by atoms with van der Waals surface area (Å²) in [5, 5.41) is 9.83. The number of benzene rings is 1. The fraction of sp³-hybridized carbons (Fsp3) is 0.143. The molecule has 0 unspecified atom stereocenters. The largest absolute Gasteiger partial charge is 0.507 e. The van der Waals surface area contributed by atoms with Crippen molar-refractivity contribution in [3.05, 3.63) is 48.3 Å². The number of esters is 1. The monoisotopic (exact) mass is 243 g/mol. The summed E-state index contributed by atoms with van der Waals surface area (Å²) in [7, 11) is 0. The highest BCUT2D eigenvalue weighted by atomic mass is 16.5. The van der Waals surface area contributed by atoms with Gasteiger partial charge in [-0.25, -0.2) is 4.79 Å². The average molecular weight is 243 g/mol. The highest BCUT2D eigenvalue weighted by molar-refractivity contribution is 5.91. The Kier molecular flexibility index (Phi) is 3.57. The Bertz CT molecular complexity index is 552. The number of carbonyl (C=O) groups is 1. The van der Waals surface area contributed by atoms with Crippen molar-refractivity contribution in [2.45, 2.75) is 6.92 Å². The van der Waals surface area contributed by atoms with Gasteiger partial charge in [0.2, 0.25) is 0 Å². The molecule has 92 valence electrons. The summed E-state index contributed by atoms with van der Waals surface area (Å²) in [4.78, 5) is 15.5. The second-order valence-corrected chi connectivity index (χ2v) is 3.69. The molecule has 4 heteroatoms. The molecule has 0 radical (unpaired) electrons. The van der Waals surface area contributed by atoms with Crippen LogP contribution in [-0.4, -0.2) is 22.7 Å². The summed E-state index contributed by atoms with van der Waals surface area (Å²) >= 11 is 0. The fourth-order valence-electron chi connectivity index (χ4n) is 1.64. The SMILES string of the molecule is CCOC(=O)c1ccc(O)c(-c2ccncc2)c1. The van der Waals surface area contributed by atoms with Gasteiger partial charge in [0.1, 0.15) is 5.75 Å². The first kappa shape index (κ1) is 12.1. The van der Waals surface area contributed by atoms with Gasteiger partial charge in [-0.3, -0.25) is 4.98 Å². The number of hydrogen-bond acceptors (Lipinski definition) is 4. The Balaban J connectivity index is 2.42. The summed E-state index contributed by atoms with van der Waals surface area (Å²) in [5.41, 5.74) is 1.80. The van der Waals surface area contributed by atoms with E-state index in [1.807, 2.05) is 0 Å². The Hall–Kier alpha value is -2.36. The zero-order chi connectivity index (χ0) is 13.0. The lowest BCUT2D eigenvalue weighted by Gasteiger charge is -2.07. The Morgan fingerprint density at radius 3 is 2.67 bits per heavy atom. The minimum atomic E-state index is -0.396. The molecule has 1 aromatic heterocycles. The molecule has 1 aromatic carbocycles. The van der Waals surface area contributed by atoms with Crippen LogP contribution in [0.15, 0.2) is 42.7 Å². The quantitative estimate of drug-likeness (QED) is 0.842. The first-order chi connectivity index (χ1) is 8.72. The summed E-state index contributed by atoms with van der Waals surface area (Å²) in [6.45, 7) is 2.08.